The van der Waals surface area contributed by atoms with Gasteiger partial charge in [-0.2, -0.15) is 0 Å². The Hall–Kier alpha value is -8.01. The van der Waals surface area contributed by atoms with Crippen molar-refractivity contribution < 1.29 is 9.53 Å². The number of ether oxygens (including phenoxy) is 1. The lowest BCUT2D eigenvalue weighted by molar-refractivity contribution is 0.0734. The van der Waals surface area contributed by atoms with Crippen LogP contribution in [0.1, 0.15) is 95.8 Å². The van der Waals surface area contributed by atoms with Crippen molar-refractivity contribution in [2.24, 2.45) is 0 Å². The van der Waals surface area contributed by atoms with E-state index < -0.39 is 5.97 Å². The number of hydrogen-bond acceptors (Lipinski definition) is 3. The smallest absolute Gasteiger partial charge is 0.343 e. The van der Waals surface area contributed by atoms with Crippen LogP contribution in [-0.4, -0.2) is 5.97 Å². The summed E-state index contributed by atoms with van der Waals surface area (Å²) in [5.41, 5.74) is 17.5. The molecule has 10 aromatic carbocycles. The summed E-state index contributed by atoms with van der Waals surface area (Å²) in [6.07, 6.45) is 5.87. The monoisotopic (exact) mass is 935 g/mol. The Bertz CT molecular complexity index is 3460. The Balaban J connectivity index is 1.05. The molecule has 0 bridgehead atoms. The molecule has 0 fully saturated rings. The third-order valence-corrected chi connectivity index (χ3v) is 15.1. The lowest BCUT2D eigenvalue weighted by atomic mass is 9.69. The Morgan fingerprint density at radius 3 is 1.71 bits per heavy atom. The number of carbonyl (C=O) groups excluding carboxylic acids is 1. The first-order valence-electron chi connectivity index (χ1n) is 25.9. The van der Waals surface area contributed by atoms with Gasteiger partial charge in [-0.25, -0.2) is 4.79 Å². The van der Waals surface area contributed by atoms with Crippen LogP contribution in [0.5, 0.6) is 5.75 Å². The molecule has 11 rings (SSSR count). The third kappa shape index (κ3) is 8.68. The molecule has 0 aromatic heterocycles. The second-order valence-corrected chi connectivity index (χ2v) is 19.9. The first-order chi connectivity index (χ1) is 35.3. The second kappa shape index (κ2) is 20.0. The molecular formula is C69H61NO2. The highest BCUT2D eigenvalue weighted by Crippen LogP contribution is 2.55. The molecule has 0 amide bonds. The second-order valence-electron chi connectivity index (χ2n) is 19.9. The maximum Gasteiger partial charge on any atom is 0.343 e. The van der Waals surface area contributed by atoms with Crippen LogP contribution in [0.4, 0.5) is 17.1 Å². The molecule has 0 unspecified atom stereocenters. The van der Waals surface area contributed by atoms with Gasteiger partial charge in [0.05, 0.1) is 11.3 Å². The fraction of sp³-hybridized carbons (Fsp3) is 0.174. The van der Waals surface area contributed by atoms with Gasteiger partial charge < -0.3 is 9.64 Å². The molecule has 354 valence electrons. The molecule has 0 spiro atoms. The van der Waals surface area contributed by atoms with Crippen molar-refractivity contribution in [1.82, 2.24) is 0 Å². The zero-order valence-electron chi connectivity index (χ0n) is 41.9. The lowest BCUT2D eigenvalue weighted by Gasteiger charge is -2.35. The fourth-order valence-corrected chi connectivity index (χ4v) is 11.5. The average molecular weight is 936 g/mol. The van der Waals surface area contributed by atoms with Crippen LogP contribution in [0.3, 0.4) is 0 Å². The van der Waals surface area contributed by atoms with Crippen LogP contribution < -0.4 is 9.64 Å². The Morgan fingerprint density at radius 1 is 0.528 bits per heavy atom. The highest BCUT2D eigenvalue weighted by molar-refractivity contribution is 6.16. The molecule has 72 heavy (non-hydrogen) atoms. The molecule has 0 N–H and O–H groups in total. The quantitative estimate of drug-likeness (QED) is 0.0583. The van der Waals surface area contributed by atoms with Crippen LogP contribution in [0.2, 0.25) is 0 Å². The van der Waals surface area contributed by atoms with Gasteiger partial charge in [-0.1, -0.05) is 204 Å². The summed E-state index contributed by atoms with van der Waals surface area (Å²) in [5, 5.41) is 4.93. The number of fused-ring (bicyclic) bond motifs is 5. The number of aryl methyl sites for hydroxylation is 2. The summed E-state index contributed by atoms with van der Waals surface area (Å²) in [5.74, 6) is 0.556. The topological polar surface area (TPSA) is 29.5 Å². The van der Waals surface area contributed by atoms with E-state index in [1.54, 1.807) is 0 Å². The molecule has 3 heteroatoms. The summed E-state index contributed by atoms with van der Waals surface area (Å²) in [4.78, 5) is 16.5. The van der Waals surface area contributed by atoms with Gasteiger partial charge in [-0.05, 0) is 159 Å². The number of nitrogens with zero attached hydrogens (tertiary/aromatic N) is 1. The highest BCUT2D eigenvalue weighted by Gasteiger charge is 2.44. The minimum atomic E-state index is -0.394. The summed E-state index contributed by atoms with van der Waals surface area (Å²) in [6, 6.07) is 78.8. The first-order valence-corrected chi connectivity index (χ1v) is 25.9. The Labute approximate surface area is 425 Å². The van der Waals surface area contributed by atoms with Gasteiger partial charge >= 0.3 is 5.97 Å². The number of benzene rings is 10. The van der Waals surface area contributed by atoms with E-state index in [0.29, 0.717) is 17.2 Å². The van der Waals surface area contributed by atoms with Gasteiger partial charge in [-0.15, -0.1) is 0 Å². The highest BCUT2D eigenvalue weighted by atomic mass is 16.5. The Kier molecular flexibility index (Phi) is 12.9. The largest absolute Gasteiger partial charge is 0.423 e. The predicted octanol–water partition coefficient (Wildman–Crippen LogP) is 18.1. The molecule has 3 nitrogen and oxygen atoms in total. The molecule has 0 atom stereocenters. The zero-order valence-corrected chi connectivity index (χ0v) is 41.9. The molecule has 0 aliphatic heterocycles. The minimum absolute atomic E-state index is 0.354. The molecule has 10 aromatic rings. The van der Waals surface area contributed by atoms with Crippen molar-refractivity contribution in [3.63, 3.8) is 0 Å². The van der Waals surface area contributed by atoms with E-state index in [9.17, 15) is 4.79 Å². The average Bonchev–Trinajstić information content (AvgIpc) is 3.68. The van der Waals surface area contributed by atoms with Crippen molar-refractivity contribution in [1.29, 1.82) is 0 Å². The first kappa shape index (κ1) is 46.4. The van der Waals surface area contributed by atoms with E-state index >= 15 is 0 Å². The summed E-state index contributed by atoms with van der Waals surface area (Å²) < 4.78 is 6.09. The molecule has 0 heterocycles. The SMILES string of the molecule is CCCCc1c2ccccc2c(N(c2ccc(C(=O)Oc3ccc(-c4cc(C(C)C)ccc4CC)cc3)cc2)c2ccc3c(c2)C(Cc2ccccc2)(Cc2ccccc2)c2ccccc2-3)c2ccccc12. The summed E-state index contributed by atoms with van der Waals surface area (Å²) in [7, 11) is 0. The van der Waals surface area contributed by atoms with Crippen LogP contribution in [0.25, 0.3) is 43.8 Å². The van der Waals surface area contributed by atoms with Gasteiger partial charge in [0.2, 0.25) is 0 Å². The van der Waals surface area contributed by atoms with Gasteiger partial charge in [0, 0.05) is 27.6 Å². The van der Waals surface area contributed by atoms with E-state index in [-0.39, 0.29) is 5.41 Å². The molecule has 0 radical (unpaired) electrons. The van der Waals surface area contributed by atoms with Crippen molar-refractivity contribution in [2.75, 3.05) is 4.90 Å². The van der Waals surface area contributed by atoms with E-state index in [2.05, 4.69) is 227 Å². The number of anilines is 3. The predicted molar refractivity (Wildman–Crippen MR) is 302 cm³/mol. The molecular weight excluding hydrogens is 875 g/mol. The zero-order chi connectivity index (χ0) is 49.2. The number of esters is 1. The van der Waals surface area contributed by atoms with Crippen LogP contribution in [0, 0.1) is 0 Å². The maximum atomic E-state index is 14.1. The number of unbranched alkanes of at least 4 members (excludes halogenated alkanes) is 1. The Morgan fingerprint density at radius 2 is 1.10 bits per heavy atom. The molecule has 1 aliphatic rings. The standard InChI is InChI=1S/C69H61NO2/c1-5-7-24-57-58-25-14-16-28-62(58)67(63-29-17-15-26-59(57)63)70(54-37-33-52(34-38-54)68(71)72-56-40-35-51(36-41-56)64-43-53(47(3)4)32-31-50(64)6-2)55-39-42-61-60-27-18-19-30-65(60)69(66(61)44-55,45-48-20-10-8-11-21-48)46-49-22-12-9-13-23-49/h8-23,25-44,47H,5-7,24,45-46H2,1-4H3. The van der Waals surface area contributed by atoms with Gasteiger partial charge in [0.1, 0.15) is 5.75 Å². The fourth-order valence-electron chi connectivity index (χ4n) is 11.5. The van der Waals surface area contributed by atoms with E-state index in [1.165, 1.54) is 77.2 Å². The number of carbonyl (C=O) groups is 1. The van der Waals surface area contributed by atoms with Crippen LogP contribution >= 0.6 is 0 Å². The van der Waals surface area contributed by atoms with Gasteiger partial charge in [0.25, 0.3) is 0 Å². The summed E-state index contributed by atoms with van der Waals surface area (Å²) in [6.45, 7) is 8.92. The molecule has 0 saturated heterocycles. The van der Waals surface area contributed by atoms with Crippen molar-refractivity contribution in [2.45, 2.75) is 77.6 Å². The van der Waals surface area contributed by atoms with Crippen LogP contribution in [-0.2, 0) is 31.1 Å². The van der Waals surface area contributed by atoms with Crippen molar-refractivity contribution in [3.8, 4) is 28.0 Å². The molecule has 1 aliphatic carbocycles. The number of hydrogen-bond donors (Lipinski definition) is 0. The minimum Gasteiger partial charge on any atom is -0.423 e. The summed E-state index contributed by atoms with van der Waals surface area (Å²) >= 11 is 0. The van der Waals surface area contributed by atoms with Gasteiger partial charge in [-0.3, -0.25) is 0 Å². The third-order valence-electron chi connectivity index (χ3n) is 15.1. The maximum absolute atomic E-state index is 14.1. The van der Waals surface area contributed by atoms with E-state index in [0.717, 1.165) is 61.2 Å². The van der Waals surface area contributed by atoms with Crippen LogP contribution in [0.15, 0.2) is 218 Å². The van der Waals surface area contributed by atoms with E-state index in [1.807, 2.05) is 24.3 Å². The number of rotatable bonds is 15. The van der Waals surface area contributed by atoms with Gasteiger partial charge in [0.15, 0.2) is 0 Å². The lowest BCUT2D eigenvalue weighted by Crippen LogP contribution is -2.31. The molecule has 0 saturated carbocycles. The van der Waals surface area contributed by atoms with Crippen molar-refractivity contribution >= 4 is 44.6 Å². The van der Waals surface area contributed by atoms with Crippen molar-refractivity contribution in [3.05, 3.63) is 263 Å². The van der Waals surface area contributed by atoms with E-state index in [4.69, 9.17) is 4.74 Å². The normalized spacial score (nSPS) is 12.5.